The summed E-state index contributed by atoms with van der Waals surface area (Å²) < 4.78 is 5.22. The van der Waals surface area contributed by atoms with E-state index in [9.17, 15) is 10.1 Å². The number of non-ortho nitro benzene ring substituents is 1. The molecular formula is C23H27N3O3. The number of nitrogens with one attached hydrogen (secondary N) is 2. The highest BCUT2D eigenvalue weighted by Gasteiger charge is 2.26. The van der Waals surface area contributed by atoms with Gasteiger partial charge in [-0.15, -0.1) is 0 Å². The molecule has 0 fully saturated rings. The van der Waals surface area contributed by atoms with Crippen LogP contribution in [0.3, 0.4) is 0 Å². The van der Waals surface area contributed by atoms with Crippen LogP contribution in [0.4, 0.5) is 5.69 Å². The zero-order chi connectivity index (χ0) is 20.4. The number of benzene rings is 2. The van der Waals surface area contributed by atoms with E-state index in [2.05, 4.69) is 29.4 Å². The van der Waals surface area contributed by atoms with E-state index in [4.69, 9.17) is 4.74 Å². The van der Waals surface area contributed by atoms with Crippen LogP contribution >= 0.6 is 0 Å². The molecule has 0 aliphatic heterocycles. The summed E-state index contributed by atoms with van der Waals surface area (Å²) in [5.41, 5.74) is 4.88. The zero-order valence-electron chi connectivity index (χ0n) is 16.9. The molecule has 0 bridgehead atoms. The van der Waals surface area contributed by atoms with Crippen molar-refractivity contribution >= 4 is 16.6 Å². The fourth-order valence-electron chi connectivity index (χ4n) is 4.33. The third-order valence-electron chi connectivity index (χ3n) is 5.91. The smallest absolute Gasteiger partial charge is 0.270 e. The zero-order valence-corrected chi connectivity index (χ0v) is 16.9. The Bertz CT molecular complexity index is 1010. The number of hydrogen-bond donors (Lipinski definition) is 2. The largest absolute Gasteiger partial charge is 0.497 e. The van der Waals surface area contributed by atoms with E-state index in [1.165, 1.54) is 16.8 Å². The predicted octanol–water partition coefficient (Wildman–Crippen LogP) is 5.07. The lowest BCUT2D eigenvalue weighted by molar-refractivity contribution is -0.384. The van der Waals surface area contributed by atoms with E-state index in [1.54, 1.807) is 19.2 Å². The Balaban J connectivity index is 1.46. The Morgan fingerprint density at radius 2 is 2.07 bits per heavy atom. The van der Waals surface area contributed by atoms with Gasteiger partial charge in [-0.3, -0.25) is 10.1 Å². The second-order valence-corrected chi connectivity index (χ2v) is 7.90. The Labute approximate surface area is 170 Å². The Kier molecular flexibility index (Phi) is 5.53. The lowest BCUT2D eigenvalue weighted by atomic mass is 9.91. The van der Waals surface area contributed by atoms with Gasteiger partial charge in [0.15, 0.2) is 0 Å². The average molecular weight is 393 g/mol. The van der Waals surface area contributed by atoms with Gasteiger partial charge >= 0.3 is 0 Å². The molecule has 2 N–H and O–H groups in total. The highest BCUT2D eigenvalue weighted by atomic mass is 16.6. The molecule has 2 aromatic carbocycles. The fraction of sp³-hybridized carbons (Fsp3) is 0.391. The molecule has 3 aromatic rings. The average Bonchev–Trinajstić information content (AvgIpc) is 3.11. The van der Waals surface area contributed by atoms with Gasteiger partial charge in [0, 0.05) is 40.8 Å². The van der Waals surface area contributed by atoms with Crippen LogP contribution in [-0.4, -0.2) is 23.1 Å². The van der Waals surface area contributed by atoms with Crippen molar-refractivity contribution in [3.05, 3.63) is 69.4 Å². The molecule has 0 radical (unpaired) electrons. The molecule has 2 unspecified atom stereocenters. The molecule has 0 amide bonds. The highest BCUT2D eigenvalue weighted by molar-refractivity contribution is 5.87. The summed E-state index contributed by atoms with van der Waals surface area (Å²) in [5.74, 6) is 0.883. The number of nitro groups is 1. The molecular weight excluding hydrogens is 366 g/mol. The standard InChI is InChI=1S/C23H27N3O3/c1-15(6-7-16-8-11-18(29-2)12-9-16)24-22-5-3-4-19-20-14-17(26(27)28)10-13-21(20)25-23(19)22/h8-15,22,24-25H,3-7H2,1-2H3. The first-order valence-corrected chi connectivity index (χ1v) is 10.2. The Morgan fingerprint density at radius 3 is 2.79 bits per heavy atom. The van der Waals surface area contributed by atoms with E-state index in [0.717, 1.165) is 48.8 Å². The molecule has 1 aromatic heterocycles. The van der Waals surface area contributed by atoms with Gasteiger partial charge in [0.25, 0.3) is 5.69 Å². The number of ether oxygens (including phenoxy) is 1. The van der Waals surface area contributed by atoms with E-state index in [0.29, 0.717) is 6.04 Å². The van der Waals surface area contributed by atoms with Crippen LogP contribution in [0.2, 0.25) is 0 Å². The highest BCUT2D eigenvalue weighted by Crippen LogP contribution is 2.36. The third-order valence-corrected chi connectivity index (χ3v) is 5.91. The van der Waals surface area contributed by atoms with Crippen molar-refractivity contribution in [1.29, 1.82) is 0 Å². The summed E-state index contributed by atoms with van der Waals surface area (Å²) in [6.45, 7) is 2.23. The Morgan fingerprint density at radius 1 is 1.28 bits per heavy atom. The number of aryl methyl sites for hydroxylation is 2. The summed E-state index contributed by atoms with van der Waals surface area (Å²) in [6.07, 6.45) is 5.19. The van der Waals surface area contributed by atoms with Crippen molar-refractivity contribution in [3.8, 4) is 5.75 Å². The van der Waals surface area contributed by atoms with Crippen molar-refractivity contribution in [3.63, 3.8) is 0 Å². The molecule has 0 spiro atoms. The van der Waals surface area contributed by atoms with Gasteiger partial charge in [0.2, 0.25) is 0 Å². The van der Waals surface area contributed by atoms with Crippen LogP contribution in [0, 0.1) is 10.1 Å². The maximum Gasteiger partial charge on any atom is 0.270 e. The van der Waals surface area contributed by atoms with Gasteiger partial charge in [0.05, 0.1) is 12.0 Å². The molecule has 29 heavy (non-hydrogen) atoms. The summed E-state index contributed by atoms with van der Waals surface area (Å²) in [6, 6.07) is 14.0. The summed E-state index contributed by atoms with van der Waals surface area (Å²) in [4.78, 5) is 14.3. The number of aromatic nitrogens is 1. The first kappa shape index (κ1) is 19.5. The first-order chi connectivity index (χ1) is 14.0. The molecule has 1 aliphatic rings. The molecule has 0 saturated heterocycles. The van der Waals surface area contributed by atoms with Crippen molar-refractivity contribution in [2.75, 3.05) is 7.11 Å². The molecule has 6 nitrogen and oxygen atoms in total. The SMILES string of the molecule is COc1ccc(CCC(C)NC2CCCc3c2[nH]c2ccc([N+](=O)[O-])cc32)cc1. The number of nitrogens with zero attached hydrogens (tertiary/aromatic N) is 1. The number of fused-ring (bicyclic) bond motifs is 3. The molecule has 1 aliphatic carbocycles. The second kappa shape index (κ2) is 8.25. The Hall–Kier alpha value is -2.86. The number of H-pyrrole nitrogens is 1. The second-order valence-electron chi connectivity index (χ2n) is 7.90. The van der Waals surface area contributed by atoms with Crippen LogP contribution in [0.25, 0.3) is 10.9 Å². The van der Waals surface area contributed by atoms with Crippen molar-refractivity contribution < 1.29 is 9.66 Å². The predicted molar refractivity (Wildman–Crippen MR) is 115 cm³/mol. The summed E-state index contributed by atoms with van der Waals surface area (Å²) in [5, 5.41) is 15.9. The number of methoxy groups -OCH3 is 1. The number of aromatic amines is 1. The molecule has 6 heteroatoms. The van der Waals surface area contributed by atoms with Crippen LogP contribution in [0.1, 0.15) is 49.0 Å². The van der Waals surface area contributed by atoms with Crippen molar-refractivity contribution in [2.45, 2.75) is 51.1 Å². The normalized spacial score (nSPS) is 17.1. The van der Waals surface area contributed by atoms with Crippen LogP contribution in [0.15, 0.2) is 42.5 Å². The van der Waals surface area contributed by atoms with Gasteiger partial charge < -0.3 is 15.0 Å². The summed E-state index contributed by atoms with van der Waals surface area (Å²) >= 11 is 0. The van der Waals surface area contributed by atoms with E-state index >= 15 is 0 Å². The fourth-order valence-corrected chi connectivity index (χ4v) is 4.33. The number of nitro benzene ring substituents is 1. The minimum atomic E-state index is -0.321. The maximum absolute atomic E-state index is 11.1. The maximum atomic E-state index is 11.1. The van der Waals surface area contributed by atoms with Crippen LogP contribution in [0.5, 0.6) is 5.75 Å². The first-order valence-electron chi connectivity index (χ1n) is 10.2. The van der Waals surface area contributed by atoms with Crippen LogP contribution in [-0.2, 0) is 12.8 Å². The van der Waals surface area contributed by atoms with Gasteiger partial charge in [0.1, 0.15) is 5.75 Å². The van der Waals surface area contributed by atoms with E-state index in [-0.39, 0.29) is 16.7 Å². The monoisotopic (exact) mass is 393 g/mol. The number of rotatable bonds is 7. The third kappa shape index (κ3) is 4.12. The van der Waals surface area contributed by atoms with Gasteiger partial charge in [-0.25, -0.2) is 0 Å². The number of hydrogen-bond acceptors (Lipinski definition) is 4. The van der Waals surface area contributed by atoms with Crippen LogP contribution < -0.4 is 10.1 Å². The lowest BCUT2D eigenvalue weighted by Gasteiger charge is -2.27. The summed E-state index contributed by atoms with van der Waals surface area (Å²) in [7, 11) is 1.68. The molecule has 152 valence electrons. The van der Waals surface area contributed by atoms with E-state index in [1.807, 2.05) is 18.2 Å². The molecule has 2 atom stereocenters. The molecule has 1 heterocycles. The minimum Gasteiger partial charge on any atom is -0.497 e. The molecule has 0 saturated carbocycles. The van der Waals surface area contributed by atoms with Gasteiger partial charge in [-0.05, 0) is 68.4 Å². The van der Waals surface area contributed by atoms with Crippen molar-refractivity contribution in [1.82, 2.24) is 10.3 Å². The van der Waals surface area contributed by atoms with Gasteiger partial charge in [-0.2, -0.15) is 0 Å². The molecule has 4 rings (SSSR count). The quantitative estimate of drug-likeness (QED) is 0.434. The van der Waals surface area contributed by atoms with Gasteiger partial charge in [-0.1, -0.05) is 12.1 Å². The van der Waals surface area contributed by atoms with Crippen molar-refractivity contribution in [2.24, 2.45) is 0 Å². The van der Waals surface area contributed by atoms with E-state index < -0.39 is 0 Å². The minimum absolute atomic E-state index is 0.155. The lowest BCUT2D eigenvalue weighted by Crippen LogP contribution is -2.33. The topological polar surface area (TPSA) is 80.2 Å².